The van der Waals surface area contributed by atoms with Crippen LogP contribution in [-0.2, 0) is 0 Å². The monoisotopic (exact) mass is 314 g/mol. The van der Waals surface area contributed by atoms with Gasteiger partial charge < -0.3 is 5.73 Å². The zero-order valence-corrected chi connectivity index (χ0v) is 14.0. The third-order valence-corrected chi connectivity index (χ3v) is 5.33. The molecule has 1 saturated heterocycles. The maximum Gasteiger partial charge on any atom is 0.0595 e. The highest BCUT2D eigenvalue weighted by Crippen LogP contribution is 2.35. The number of halogens is 2. The summed E-state index contributed by atoms with van der Waals surface area (Å²) in [6, 6.07) is 6.61. The van der Waals surface area contributed by atoms with E-state index < -0.39 is 0 Å². The summed E-state index contributed by atoms with van der Waals surface area (Å²) in [5.41, 5.74) is 7.22. The molecule has 1 heterocycles. The Bertz CT molecular complexity index is 464. The van der Waals surface area contributed by atoms with Gasteiger partial charge in [-0.1, -0.05) is 43.1 Å². The summed E-state index contributed by atoms with van der Waals surface area (Å²) in [5, 5.41) is 1.20. The van der Waals surface area contributed by atoms with Gasteiger partial charge in [-0.15, -0.1) is 0 Å². The molecule has 0 aliphatic carbocycles. The van der Waals surface area contributed by atoms with Crippen LogP contribution >= 0.6 is 23.2 Å². The van der Waals surface area contributed by atoms with Crippen molar-refractivity contribution in [2.75, 3.05) is 13.1 Å². The minimum atomic E-state index is 0.213. The summed E-state index contributed by atoms with van der Waals surface area (Å²) >= 11 is 12.2. The minimum Gasteiger partial charge on any atom is -0.329 e. The molecular weight excluding hydrogens is 291 g/mol. The molecule has 0 aromatic heterocycles. The zero-order valence-electron chi connectivity index (χ0n) is 12.4. The van der Waals surface area contributed by atoms with E-state index in [2.05, 4.69) is 25.7 Å². The Hall–Kier alpha value is -0.280. The van der Waals surface area contributed by atoms with E-state index in [9.17, 15) is 0 Å². The summed E-state index contributed by atoms with van der Waals surface area (Å²) in [6.45, 7) is 8.64. The molecule has 112 valence electrons. The van der Waals surface area contributed by atoms with E-state index in [1.165, 1.54) is 6.42 Å². The first-order valence-corrected chi connectivity index (χ1v) is 8.10. The molecule has 0 amide bonds. The van der Waals surface area contributed by atoms with Crippen LogP contribution in [0.3, 0.4) is 0 Å². The van der Waals surface area contributed by atoms with E-state index in [0.29, 0.717) is 34.5 Å². The number of benzene rings is 1. The molecule has 20 heavy (non-hydrogen) atoms. The van der Waals surface area contributed by atoms with Crippen molar-refractivity contribution in [3.05, 3.63) is 33.8 Å². The Morgan fingerprint density at radius 1 is 1.25 bits per heavy atom. The summed E-state index contributed by atoms with van der Waals surface area (Å²) in [7, 11) is 0. The Morgan fingerprint density at radius 2 is 1.95 bits per heavy atom. The average molecular weight is 315 g/mol. The topological polar surface area (TPSA) is 29.3 Å². The number of nitrogens with two attached hydrogens (primary N) is 1. The molecule has 2 N–H and O–H groups in total. The van der Waals surface area contributed by atoms with Crippen LogP contribution in [0.1, 0.15) is 38.8 Å². The fourth-order valence-corrected chi connectivity index (χ4v) is 3.66. The lowest BCUT2D eigenvalue weighted by Crippen LogP contribution is -2.49. The number of hydrogen-bond donors (Lipinski definition) is 1. The van der Waals surface area contributed by atoms with Crippen LogP contribution in [0, 0.1) is 11.8 Å². The van der Waals surface area contributed by atoms with Crippen molar-refractivity contribution in [2.45, 2.75) is 39.3 Å². The van der Waals surface area contributed by atoms with E-state index >= 15 is 0 Å². The summed E-state index contributed by atoms with van der Waals surface area (Å²) in [6.07, 6.45) is 1.29. The zero-order chi connectivity index (χ0) is 14.9. The number of rotatable bonds is 3. The summed E-state index contributed by atoms with van der Waals surface area (Å²) in [5.74, 6) is 1.40. The van der Waals surface area contributed by atoms with Gasteiger partial charge in [0.15, 0.2) is 0 Å². The normalized spacial score (nSPS) is 29.4. The lowest BCUT2D eigenvalue weighted by atomic mass is 9.84. The van der Waals surface area contributed by atoms with E-state index in [-0.39, 0.29) is 6.04 Å². The highest BCUT2D eigenvalue weighted by Gasteiger charge is 2.33. The lowest BCUT2D eigenvalue weighted by molar-refractivity contribution is 0.0424. The molecule has 0 spiro atoms. The van der Waals surface area contributed by atoms with Crippen molar-refractivity contribution < 1.29 is 0 Å². The van der Waals surface area contributed by atoms with E-state index in [1.807, 2.05) is 18.2 Å². The van der Waals surface area contributed by atoms with Gasteiger partial charge in [0.05, 0.1) is 10.0 Å². The molecule has 2 rings (SSSR count). The largest absolute Gasteiger partial charge is 0.329 e. The van der Waals surface area contributed by atoms with E-state index in [1.54, 1.807) is 0 Å². The molecule has 0 bridgehead atoms. The highest BCUT2D eigenvalue weighted by atomic mass is 35.5. The van der Waals surface area contributed by atoms with Crippen LogP contribution in [0.4, 0.5) is 0 Å². The van der Waals surface area contributed by atoms with Crippen LogP contribution in [0.2, 0.25) is 10.0 Å². The van der Waals surface area contributed by atoms with Crippen LogP contribution < -0.4 is 5.73 Å². The van der Waals surface area contributed by atoms with Crippen molar-refractivity contribution in [3.8, 4) is 0 Å². The second-order valence-electron chi connectivity index (χ2n) is 6.18. The Balaban J connectivity index is 2.28. The van der Waals surface area contributed by atoms with Gasteiger partial charge in [-0.3, -0.25) is 4.90 Å². The van der Waals surface area contributed by atoms with Crippen molar-refractivity contribution in [1.29, 1.82) is 0 Å². The quantitative estimate of drug-likeness (QED) is 0.898. The molecule has 2 nitrogen and oxygen atoms in total. The van der Waals surface area contributed by atoms with Crippen molar-refractivity contribution in [2.24, 2.45) is 17.6 Å². The van der Waals surface area contributed by atoms with Gasteiger partial charge in [-0.05, 0) is 42.9 Å². The fraction of sp³-hybridized carbons (Fsp3) is 0.625. The Labute approximate surface area is 132 Å². The number of hydrogen-bond acceptors (Lipinski definition) is 2. The van der Waals surface area contributed by atoms with Crippen molar-refractivity contribution in [1.82, 2.24) is 4.90 Å². The molecule has 1 fully saturated rings. The number of piperidine rings is 1. The molecule has 4 heteroatoms. The molecule has 1 aliphatic rings. The SMILES string of the molecule is CC1CC(C)C(C)N(C(CN)c2ccc(Cl)c(Cl)c2)C1. The fourth-order valence-electron chi connectivity index (χ4n) is 3.35. The van der Waals surface area contributed by atoms with Crippen molar-refractivity contribution in [3.63, 3.8) is 0 Å². The maximum atomic E-state index is 6.16. The maximum absolute atomic E-state index is 6.16. The second kappa shape index (κ2) is 6.65. The Kier molecular flexibility index (Phi) is 5.36. The van der Waals surface area contributed by atoms with Crippen LogP contribution in [0.25, 0.3) is 0 Å². The van der Waals surface area contributed by atoms with Crippen molar-refractivity contribution >= 4 is 23.2 Å². The predicted octanol–water partition coefficient (Wildman–Crippen LogP) is 4.36. The van der Waals surface area contributed by atoms with Crippen LogP contribution in [-0.4, -0.2) is 24.0 Å². The van der Waals surface area contributed by atoms with Crippen LogP contribution in [0.15, 0.2) is 18.2 Å². The van der Waals surface area contributed by atoms with Gasteiger partial charge in [0.2, 0.25) is 0 Å². The predicted molar refractivity (Wildman–Crippen MR) is 87.4 cm³/mol. The third-order valence-electron chi connectivity index (χ3n) is 4.60. The minimum absolute atomic E-state index is 0.213. The molecular formula is C16H24Cl2N2. The highest BCUT2D eigenvalue weighted by molar-refractivity contribution is 6.42. The van der Waals surface area contributed by atoms with Crippen LogP contribution in [0.5, 0.6) is 0 Å². The first kappa shape index (κ1) is 16.1. The molecule has 0 saturated carbocycles. The molecule has 4 unspecified atom stereocenters. The van der Waals surface area contributed by atoms with Gasteiger partial charge in [-0.2, -0.15) is 0 Å². The Morgan fingerprint density at radius 3 is 2.55 bits per heavy atom. The average Bonchev–Trinajstić information content (AvgIpc) is 2.40. The number of likely N-dealkylation sites (tertiary alicyclic amines) is 1. The summed E-state index contributed by atoms with van der Waals surface area (Å²) in [4.78, 5) is 2.53. The second-order valence-corrected chi connectivity index (χ2v) is 7.00. The molecule has 1 aromatic carbocycles. The van der Waals surface area contributed by atoms with Gasteiger partial charge in [-0.25, -0.2) is 0 Å². The van der Waals surface area contributed by atoms with Gasteiger partial charge in [0.1, 0.15) is 0 Å². The third kappa shape index (κ3) is 3.30. The lowest BCUT2D eigenvalue weighted by Gasteiger charge is -2.45. The molecule has 4 atom stereocenters. The molecule has 0 radical (unpaired) electrons. The van der Waals surface area contributed by atoms with Gasteiger partial charge in [0.25, 0.3) is 0 Å². The van der Waals surface area contributed by atoms with E-state index in [4.69, 9.17) is 28.9 Å². The van der Waals surface area contributed by atoms with E-state index in [0.717, 1.165) is 12.1 Å². The molecule has 1 aromatic rings. The molecule has 1 aliphatic heterocycles. The standard InChI is InChI=1S/C16H24Cl2N2/c1-10-6-11(2)12(3)20(9-10)16(8-19)13-4-5-14(17)15(18)7-13/h4-5,7,10-12,16H,6,8-9,19H2,1-3H3. The van der Waals surface area contributed by atoms with Gasteiger partial charge in [0, 0.05) is 25.2 Å². The van der Waals surface area contributed by atoms with Gasteiger partial charge >= 0.3 is 0 Å². The first-order chi connectivity index (χ1) is 9.43. The first-order valence-electron chi connectivity index (χ1n) is 7.34. The smallest absolute Gasteiger partial charge is 0.0595 e. The number of nitrogens with zero attached hydrogens (tertiary/aromatic N) is 1. The summed E-state index contributed by atoms with van der Waals surface area (Å²) < 4.78 is 0.